The molecule has 2 atom stereocenters. The quantitative estimate of drug-likeness (QED) is 0.892. The first-order valence-electron chi connectivity index (χ1n) is 7.07. The van der Waals surface area contributed by atoms with Crippen LogP contribution in [0.1, 0.15) is 38.3 Å². The minimum absolute atomic E-state index is 0.199. The lowest BCUT2D eigenvalue weighted by Gasteiger charge is -2.34. The van der Waals surface area contributed by atoms with E-state index in [4.69, 9.17) is 0 Å². The number of halogens is 1. The van der Waals surface area contributed by atoms with Gasteiger partial charge in [-0.2, -0.15) is 0 Å². The lowest BCUT2D eigenvalue weighted by molar-refractivity contribution is 0.154. The summed E-state index contributed by atoms with van der Waals surface area (Å²) in [5.41, 5.74) is 2.54. The first kappa shape index (κ1) is 14.8. The summed E-state index contributed by atoms with van der Waals surface area (Å²) in [4.78, 5) is 2.31. The molecule has 2 N–H and O–H groups in total. The van der Waals surface area contributed by atoms with Crippen molar-refractivity contribution in [3.8, 4) is 0 Å². The SMILES string of the molecule is CCNC(C)c1ccc(Br)cc1N1CCCC(O)C1. The van der Waals surface area contributed by atoms with Gasteiger partial charge in [0.15, 0.2) is 0 Å². The smallest absolute Gasteiger partial charge is 0.0715 e. The maximum Gasteiger partial charge on any atom is 0.0715 e. The highest BCUT2D eigenvalue weighted by molar-refractivity contribution is 9.10. The number of aliphatic hydroxyl groups excluding tert-OH is 1. The number of benzene rings is 1. The van der Waals surface area contributed by atoms with Gasteiger partial charge in [-0.25, -0.2) is 0 Å². The molecule has 1 heterocycles. The molecular formula is C15H23BrN2O. The zero-order valence-corrected chi connectivity index (χ0v) is 13.3. The second kappa shape index (κ2) is 6.73. The molecular weight excluding hydrogens is 304 g/mol. The molecule has 0 aromatic heterocycles. The van der Waals surface area contributed by atoms with Crippen LogP contribution in [0.5, 0.6) is 0 Å². The number of rotatable bonds is 4. The summed E-state index contributed by atoms with van der Waals surface area (Å²) in [5, 5.41) is 13.3. The molecule has 1 saturated heterocycles. The van der Waals surface area contributed by atoms with Crippen molar-refractivity contribution >= 4 is 21.6 Å². The zero-order valence-electron chi connectivity index (χ0n) is 11.7. The Labute approximate surface area is 124 Å². The van der Waals surface area contributed by atoms with Crippen molar-refractivity contribution in [3.05, 3.63) is 28.2 Å². The Bertz CT molecular complexity index is 425. The molecule has 19 heavy (non-hydrogen) atoms. The Balaban J connectivity index is 2.28. The fourth-order valence-electron chi connectivity index (χ4n) is 2.75. The van der Waals surface area contributed by atoms with Crippen molar-refractivity contribution in [2.75, 3.05) is 24.5 Å². The molecule has 2 rings (SSSR count). The number of hydrogen-bond acceptors (Lipinski definition) is 3. The van der Waals surface area contributed by atoms with Crippen molar-refractivity contribution < 1.29 is 5.11 Å². The van der Waals surface area contributed by atoms with Gasteiger partial charge in [0.05, 0.1) is 6.10 Å². The minimum atomic E-state index is -0.199. The average molecular weight is 327 g/mol. The number of hydrogen-bond donors (Lipinski definition) is 2. The molecule has 1 fully saturated rings. The molecule has 0 spiro atoms. The van der Waals surface area contributed by atoms with Gasteiger partial charge in [0.2, 0.25) is 0 Å². The maximum atomic E-state index is 9.87. The van der Waals surface area contributed by atoms with Crippen molar-refractivity contribution in [1.82, 2.24) is 5.32 Å². The third-order valence-electron chi connectivity index (χ3n) is 3.71. The van der Waals surface area contributed by atoms with Crippen LogP contribution in [0, 0.1) is 0 Å². The van der Waals surface area contributed by atoms with Gasteiger partial charge in [-0.3, -0.25) is 0 Å². The topological polar surface area (TPSA) is 35.5 Å². The highest BCUT2D eigenvalue weighted by Gasteiger charge is 2.21. The van der Waals surface area contributed by atoms with Crippen LogP contribution in [0.25, 0.3) is 0 Å². The van der Waals surface area contributed by atoms with Gasteiger partial charge in [0, 0.05) is 29.3 Å². The Morgan fingerprint density at radius 3 is 3.00 bits per heavy atom. The number of piperidine rings is 1. The Kier molecular flexibility index (Phi) is 5.25. The number of nitrogens with one attached hydrogen (secondary N) is 1. The summed E-state index contributed by atoms with van der Waals surface area (Å²) in [6, 6.07) is 6.76. The molecule has 3 nitrogen and oxygen atoms in total. The molecule has 0 aliphatic carbocycles. The van der Waals surface area contributed by atoms with Gasteiger partial charge >= 0.3 is 0 Å². The first-order valence-corrected chi connectivity index (χ1v) is 7.87. The van der Waals surface area contributed by atoms with Crippen molar-refractivity contribution in [2.24, 2.45) is 0 Å². The molecule has 0 amide bonds. The summed E-state index contributed by atoms with van der Waals surface area (Å²) in [5.74, 6) is 0. The second-order valence-electron chi connectivity index (χ2n) is 5.22. The molecule has 106 valence electrons. The van der Waals surface area contributed by atoms with Crippen LogP contribution in [0.4, 0.5) is 5.69 Å². The Morgan fingerprint density at radius 1 is 1.53 bits per heavy atom. The third-order valence-corrected chi connectivity index (χ3v) is 4.20. The van der Waals surface area contributed by atoms with E-state index in [0.717, 1.165) is 36.9 Å². The van der Waals surface area contributed by atoms with E-state index >= 15 is 0 Å². The molecule has 4 heteroatoms. The summed E-state index contributed by atoms with van der Waals surface area (Å²) < 4.78 is 1.09. The Hall–Kier alpha value is -0.580. The monoisotopic (exact) mass is 326 g/mol. The van der Waals surface area contributed by atoms with Crippen LogP contribution in [-0.2, 0) is 0 Å². The van der Waals surface area contributed by atoms with Gasteiger partial charge in [-0.15, -0.1) is 0 Å². The second-order valence-corrected chi connectivity index (χ2v) is 6.14. The summed E-state index contributed by atoms with van der Waals surface area (Å²) in [6.07, 6.45) is 1.78. The van der Waals surface area contributed by atoms with Crippen molar-refractivity contribution in [2.45, 2.75) is 38.8 Å². The van der Waals surface area contributed by atoms with Gasteiger partial charge < -0.3 is 15.3 Å². The third kappa shape index (κ3) is 3.71. The number of anilines is 1. The average Bonchev–Trinajstić information content (AvgIpc) is 2.39. The van der Waals surface area contributed by atoms with Crippen LogP contribution in [0.15, 0.2) is 22.7 Å². The largest absolute Gasteiger partial charge is 0.391 e. The van der Waals surface area contributed by atoms with E-state index < -0.39 is 0 Å². The molecule has 1 aromatic carbocycles. The van der Waals surface area contributed by atoms with Gasteiger partial charge in [0.25, 0.3) is 0 Å². The van der Waals surface area contributed by atoms with E-state index in [-0.39, 0.29) is 6.10 Å². The number of β-amino-alcohol motifs (C(OH)–C–C–N with tert-alkyl or cyclic N) is 1. The lowest BCUT2D eigenvalue weighted by Crippen LogP contribution is -2.39. The highest BCUT2D eigenvalue weighted by Crippen LogP contribution is 2.31. The van der Waals surface area contributed by atoms with Gasteiger partial charge in [0.1, 0.15) is 0 Å². The van der Waals surface area contributed by atoms with Crippen LogP contribution in [0.2, 0.25) is 0 Å². The predicted octanol–water partition coefficient (Wildman–Crippen LogP) is 3.08. The van der Waals surface area contributed by atoms with E-state index in [2.05, 4.69) is 58.2 Å². The summed E-state index contributed by atoms with van der Waals surface area (Å²) in [6.45, 7) is 7.04. The Morgan fingerprint density at radius 2 is 2.32 bits per heavy atom. The lowest BCUT2D eigenvalue weighted by atomic mass is 10.0. The fourth-order valence-corrected chi connectivity index (χ4v) is 3.10. The summed E-state index contributed by atoms with van der Waals surface area (Å²) >= 11 is 3.56. The predicted molar refractivity (Wildman–Crippen MR) is 83.7 cm³/mol. The molecule has 0 radical (unpaired) electrons. The maximum absolute atomic E-state index is 9.87. The van der Waals surface area contributed by atoms with Crippen LogP contribution < -0.4 is 10.2 Å². The highest BCUT2D eigenvalue weighted by atomic mass is 79.9. The van der Waals surface area contributed by atoms with Crippen LogP contribution in [0.3, 0.4) is 0 Å². The van der Waals surface area contributed by atoms with Crippen LogP contribution in [-0.4, -0.2) is 30.8 Å². The van der Waals surface area contributed by atoms with E-state index in [0.29, 0.717) is 6.04 Å². The zero-order chi connectivity index (χ0) is 13.8. The standard InChI is InChI=1S/C15H23BrN2O/c1-3-17-11(2)14-7-6-12(16)9-15(14)18-8-4-5-13(19)10-18/h6-7,9,11,13,17,19H,3-5,8,10H2,1-2H3. The molecule has 1 aliphatic heterocycles. The van der Waals surface area contributed by atoms with E-state index in [9.17, 15) is 5.11 Å². The van der Waals surface area contributed by atoms with E-state index in [1.165, 1.54) is 11.3 Å². The fraction of sp³-hybridized carbons (Fsp3) is 0.600. The summed E-state index contributed by atoms with van der Waals surface area (Å²) in [7, 11) is 0. The van der Waals surface area contributed by atoms with Gasteiger partial charge in [-0.1, -0.05) is 28.9 Å². The van der Waals surface area contributed by atoms with Crippen molar-refractivity contribution in [1.29, 1.82) is 0 Å². The van der Waals surface area contributed by atoms with E-state index in [1.54, 1.807) is 0 Å². The molecule has 2 unspecified atom stereocenters. The molecule has 1 aromatic rings. The van der Waals surface area contributed by atoms with E-state index in [1.807, 2.05) is 0 Å². The van der Waals surface area contributed by atoms with Crippen LogP contribution >= 0.6 is 15.9 Å². The molecule has 1 aliphatic rings. The molecule has 0 bridgehead atoms. The number of aliphatic hydroxyl groups is 1. The van der Waals surface area contributed by atoms with Gasteiger partial charge in [-0.05, 0) is 44.0 Å². The van der Waals surface area contributed by atoms with Crippen molar-refractivity contribution in [3.63, 3.8) is 0 Å². The minimum Gasteiger partial charge on any atom is -0.391 e. The normalized spacial score (nSPS) is 21.5. The molecule has 0 saturated carbocycles. The first-order chi connectivity index (χ1) is 9.11. The number of nitrogens with zero attached hydrogens (tertiary/aromatic N) is 1.